The average Bonchev–Trinajstić information content (AvgIpc) is 3.22. The van der Waals surface area contributed by atoms with E-state index in [-0.39, 0.29) is 13.0 Å². The first-order valence-corrected chi connectivity index (χ1v) is 11.8. The number of alkyl halides is 3. The zero-order valence-electron chi connectivity index (χ0n) is 17.9. The van der Waals surface area contributed by atoms with Crippen LogP contribution in [0.25, 0.3) is 0 Å². The van der Waals surface area contributed by atoms with Crippen LogP contribution in [0.3, 0.4) is 0 Å². The van der Waals surface area contributed by atoms with Gasteiger partial charge in [0.2, 0.25) is 5.91 Å². The fraction of sp³-hybridized carbons (Fsp3) is 0.476. The molecule has 2 aliphatic rings. The molecule has 2 fully saturated rings. The molecule has 176 valence electrons. The highest BCUT2D eigenvalue weighted by Crippen LogP contribution is 2.39. The summed E-state index contributed by atoms with van der Waals surface area (Å²) in [6.45, 7) is 1.54. The van der Waals surface area contributed by atoms with Crippen LogP contribution in [-0.4, -0.2) is 47.5 Å². The molecule has 1 aromatic carbocycles. The lowest BCUT2D eigenvalue weighted by molar-refractivity contribution is -0.139. The molecule has 1 aliphatic carbocycles. The lowest BCUT2D eigenvalue weighted by Crippen LogP contribution is -2.48. The number of hydrogen-bond donors (Lipinski definition) is 1. The van der Waals surface area contributed by atoms with Crippen LogP contribution in [0.4, 0.5) is 19.0 Å². The first kappa shape index (κ1) is 23.1. The van der Waals surface area contributed by atoms with Crippen molar-refractivity contribution < 1.29 is 26.4 Å². The summed E-state index contributed by atoms with van der Waals surface area (Å²) in [6.07, 6.45) is -4.07. The van der Waals surface area contributed by atoms with Crippen molar-refractivity contribution in [2.75, 3.05) is 11.4 Å². The zero-order valence-corrected chi connectivity index (χ0v) is 18.7. The van der Waals surface area contributed by atoms with Gasteiger partial charge in [-0.1, -0.05) is 12.1 Å². The van der Waals surface area contributed by atoms with Crippen molar-refractivity contribution in [1.29, 1.82) is 5.26 Å². The Kier molecular flexibility index (Phi) is 5.43. The van der Waals surface area contributed by atoms with Gasteiger partial charge in [-0.05, 0) is 38.3 Å². The molecule has 1 saturated heterocycles. The summed E-state index contributed by atoms with van der Waals surface area (Å²) in [6, 6.07) is 6.81. The van der Waals surface area contributed by atoms with Crippen molar-refractivity contribution in [3.05, 3.63) is 41.6 Å². The summed E-state index contributed by atoms with van der Waals surface area (Å²) < 4.78 is 68.8. The number of aromatic nitrogens is 2. The van der Waals surface area contributed by atoms with Crippen LogP contribution in [0.5, 0.6) is 0 Å². The van der Waals surface area contributed by atoms with Gasteiger partial charge in [-0.2, -0.15) is 23.5 Å². The Labute approximate surface area is 188 Å². The molecule has 1 saturated carbocycles. The molecule has 33 heavy (non-hydrogen) atoms. The van der Waals surface area contributed by atoms with E-state index in [0.717, 1.165) is 18.2 Å². The van der Waals surface area contributed by atoms with E-state index in [1.165, 1.54) is 10.7 Å². The molecule has 2 heterocycles. The third kappa shape index (κ3) is 4.17. The maximum atomic E-state index is 13.5. The van der Waals surface area contributed by atoms with E-state index in [0.29, 0.717) is 24.4 Å². The first-order valence-electron chi connectivity index (χ1n) is 10.3. The Bertz CT molecular complexity index is 1240. The minimum absolute atomic E-state index is 0.189. The molecule has 2 aromatic rings. The third-order valence-electron chi connectivity index (χ3n) is 6.10. The number of halogens is 3. The Morgan fingerprint density at radius 2 is 1.97 bits per heavy atom. The molecular formula is C21H22F3N5O3S. The van der Waals surface area contributed by atoms with Crippen LogP contribution in [0, 0.1) is 18.3 Å². The van der Waals surface area contributed by atoms with Gasteiger partial charge in [0.1, 0.15) is 17.4 Å². The van der Waals surface area contributed by atoms with Crippen LogP contribution in [-0.2, 0) is 27.9 Å². The molecule has 1 amide bonds. The van der Waals surface area contributed by atoms with Gasteiger partial charge in [0, 0.05) is 19.7 Å². The second kappa shape index (κ2) is 7.76. The smallest absolute Gasteiger partial charge is 0.343 e. The van der Waals surface area contributed by atoms with Gasteiger partial charge in [-0.25, -0.2) is 8.42 Å². The summed E-state index contributed by atoms with van der Waals surface area (Å²) >= 11 is 0. The highest BCUT2D eigenvalue weighted by Gasteiger charge is 2.50. The number of carbonyl (C=O) groups excluding carboxylic acids is 1. The molecule has 8 nitrogen and oxygen atoms in total. The fourth-order valence-corrected chi connectivity index (χ4v) is 6.14. The normalized spacial score (nSPS) is 22.1. The standard InChI is InChI=1S/C21H22F3N5O3S/c1-13-9-18(28(2)27-13)29-11-14(10-16(29)19(30)26-20(12-25)7-8-20)33(31,32)17-6-4-3-5-15(17)21(22,23)24/h3-6,9,14,16H,7-8,10-11H2,1-2H3,(H,26,30). The molecule has 12 heteroatoms. The number of sulfone groups is 1. The fourth-order valence-electron chi connectivity index (χ4n) is 4.23. The summed E-state index contributed by atoms with van der Waals surface area (Å²) in [7, 11) is -2.80. The van der Waals surface area contributed by atoms with E-state index in [1.807, 2.05) is 0 Å². The van der Waals surface area contributed by atoms with E-state index in [1.54, 1.807) is 24.9 Å². The number of nitrogens with zero attached hydrogens (tertiary/aromatic N) is 4. The lowest BCUT2D eigenvalue weighted by atomic mass is 10.1. The van der Waals surface area contributed by atoms with Crippen molar-refractivity contribution in [1.82, 2.24) is 15.1 Å². The number of hydrogen-bond acceptors (Lipinski definition) is 6. The largest absolute Gasteiger partial charge is 0.417 e. The topological polar surface area (TPSA) is 108 Å². The number of nitrogens with one attached hydrogen (secondary N) is 1. The number of nitriles is 1. The van der Waals surface area contributed by atoms with Gasteiger partial charge in [0.05, 0.1) is 27.5 Å². The molecule has 1 aliphatic heterocycles. The monoisotopic (exact) mass is 481 g/mol. The summed E-state index contributed by atoms with van der Waals surface area (Å²) in [5.41, 5.74) is -1.57. The molecule has 0 spiro atoms. The van der Waals surface area contributed by atoms with Crippen LogP contribution < -0.4 is 10.2 Å². The van der Waals surface area contributed by atoms with Gasteiger partial charge >= 0.3 is 6.18 Å². The summed E-state index contributed by atoms with van der Waals surface area (Å²) in [5, 5.41) is 15.0. The van der Waals surface area contributed by atoms with Crippen molar-refractivity contribution >= 4 is 21.6 Å². The van der Waals surface area contributed by atoms with Crippen LogP contribution in [0.2, 0.25) is 0 Å². The van der Waals surface area contributed by atoms with E-state index in [2.05, 4.69) is 16.5 Å². The van der Waals surface area contributed by atoms with Crippen molar-refractivity contribution in [3.8, 4) is 6.07 Å². The minimum atomic E-state index is -4.84. The summed E-state index contributed by atoms with van der Waals surface area (Å²) in [5.74, 6) is -0.0639. The first-order chi connectivity index (χ1) is 15.4. The number of anilines is 1. The zero-order chi connectivity index (χ0) is 24.2. The molecule has 1 aromatic heterocycles. The number of rotatable bonds is 5. The second-order valence-electron chi connectivity index (χ2n) is 8.52. The lowest BCUT2D eigenvalue weighted by Gasteiger charge is -2.26. The van der Waals surface area contributed by atoms with E-state index in [9.17, 15) is 31.6 Å². The highest BCUT2D eigenvalue weighted by molar-refractivity contribution is 7.92. The van der Waals surface area contributed by atoms with Gasteiger partial charge in [-0.15, -0.1) is 0 Å². The summed E-state index contributed by atoms with van der Waals surface area (Å²) in [4.78, 5) is 13.8. The number of aryl methyl sites for hydroxylation is 2. The van der Waals surface area contributed by atoms with Crippen LogP contribution in [0.15, 0.2) is 35.2 Å². The Morgan fingerprint density at radius 1 is 1.30 bits per heavy atom. The SMILES string of the molecule is Cc1cc(N2CC(S(=O)(=O)c3ccccc3C(F)(F)F)CC2C(=O)NC2(C#N)CC2)n(C)n1. The number of amides is 1. The molecule has 1 N–H and O–H groups in total. The van der Waals surface area contributed by atoms with E-state index in [4.69, 9.17) is 0 Å². The molecule has 2 atom stereocenters. The van der Waals surface area contributed by atoms with E-state index < -0.39 is 49.2 Å². The Morgan fingerprint density at radius 3 is 2.52 bits per heavy atom. The van der Waals surface area contributed by atoms with Crippen molar-refractivity contribution in [2.45, 2.75) is 54.1 Å². The molecule has 4 rings (SSSR count). The van der Waals surface area contributed by atoms with Gasteiger partial charge in [-0.3, -0.25) is 9.48 Å². The second-order valence-corrected chi connectivity index (χ2v) is 10.7. The van der Waals surface area contributed by atoms with Gasteiger partial charge in [0.15, 0.2) is 9.84 Å². The van der Waals surface area contributed by atoms with Crippen LogP contribution in [0.1, 0.15) is 30.5 Å². The van der Waals surface area contributed by atoms with E-state index >= 15 is 0 Å². The maximum absolute atomic E-state index is 13.5. The van der Waals surface area contributed by atoms with Gasteiger partial charge < -0.3 is 10.2 Å². The minimum Gasteiger partial charge on any atom is -0.343 e. The Balaban J connectivity index is 1.72. The molecular weight excluding hydrogens is 459 g/mol. The Hall–Kier alpha value is -3.07. The predicted octanol–water partition coefficient (Wildman–Crippen LogP) is 2.34. The molecule has 2 unspecified atom stereocenters. The van der Waals surface area contributed by atoms with Crippen LogP contribution >= 0.6 is 0 Å². The van der Waals surface area contributed by atoms with Crippen molar-refractivity contribution in [2.24, 2.45) is 7.05 Å². The van der Waals surface area contributed by atoms with Gasteiger partial charge in [0.25, 0.3) is 0 Å². The highest BCUT2D eigenvalue weighted by atomic mass is 32.2. The van der Waals surface area contributed by atoms with Crippen molar-refractivity contribution in [3.63, 3.8) is 0 Å². The molecule has 0 radical (unpaired) electrons. The molecule has 0 bridgehead atoms. The number of carbonyl (C=O) groups is 1. The quantitative estimate of drug-likeness (QED) is 0.703. The predicted molar refractivity (Wildman–Crippen MR) is 112 cm³/mol. The third-order valence-corrected chi connectivity index (χ3v) is 8.29. The number of benzene rings is 1. The average molecular weight is 482 g/mol. The maximum Gasteiger partial charge on any atom is 0.417 e.